The molecule has 13 heavy (non-hydrogen) atoms. The predicted molar refractivity (Wildman–Crippen MR) is 52.4 cm³/mol. The molecule has 0 radical (unpaired) electrons. The second-order valence-corrected chi connectivity index (χ2v) is 3.21. The summed E-state index contributed by atoms with van der Waals surface area (Å²) >= 11 is 3.95. The topological polar surface area (TPSA) is 95.2 Å². The van der Waals surface area contributed by atoms with Crippen molar-refractivity contribution in [3.05, 3.63) is 11.8 Å². The normalized spacial score (nSPS) is 15.6. The zero-order valence-electron chi connectivity index (χ0n) is 7.01. The molecule has 1 heterocycles. The lowest BCUT2D eigenvalue weighted by atomic mass is 10.1. The molecule has 0 aromatic carbocycles. The van der Waals surface area contributed by atoms with Crippen molar-refractivity contribution < 1.29 is 10.2 Å². The zero-order valence-corrected chi connectivity index (χ0v) is 7.91. The summed E-state index contributed by atoms with van der Waals surface area (Å²) in [7, 11) is 0. The van der Waals surface area contributed by atoms with E-state index in [1.165, 1.54) is 6.20 Å². The molecule has 0 bridgehead atoms. The number of aromatic nitrogens is 2. The van der Waals surface area contributed by atoms with Crippen LogP contribution in [0.4, 0.5) is 5.82 Å². The van der Waals surface area contributed by atoms with Crippen LogP contribution < -0.4 is 5.73 Å². The summed E-state index contributed by atoms with van der Waals surface area (Å²) in [5, 5.41) is 25.1. The summed E-state index contributed by atoms with van der Waals surface area (Å²) < 4.78 is 0. The van der Waals surface area contributed by atoms with Crippen molar-refractivity contribution in [3.63, 3.8) is 0 Å². The van der Waals surface area contributed by atoms with Gasteiger partial charge in [0.15, 0.2) is 0 Å². The molecule has 5 nitrogen and oxygen atoms in total. The minimum Gasteiger partial charge on any atom is -0.390 e. The second-order valence-electron chi connectivity index (χ2n) is 2.76. The average Bonchev–Trinajstić information content (AvgIpc) is 2.50. The lowest BCUT2D eigenvalue weighted by Crippen LogP contribution is -2.19. The van der Waals surface area contributed by atoms with E-state index < -0.39 is 12.2 Å². The molecule has 1 aromatic heterocycles. The van der Waals surface area contributed by atoms with E-state index in [9.17, 15) is 10.2 Å². The molecule has 0 aliphatic heterocycles. The monoisotopic (exact) mass is 203 g/mol. The van der Waals surface area contributed by atoms with E-state index >= 15 is 0 Å². The first-order valence-corrected chi connectivity index (χ1v) is 4.55. The summed E-state index contributed by atoms with van der Waals surface area (Å²) in [4.78, 5) is 0. The molecule has 0 aliphatic carbocycles. The number of aromatic amines is 1. The highest BCUT2D eigenvalue weighted by Gasteiger charge is 2.20. The second kappa shape index (κ2) is 4.50. The summed E-state index contributed by atoms with van der Waals surface area (Å²) in [5.74, 6) is 0.793. The third kappa shape index (κ3) is 2.36. The van der Waals surface area contributed by atoms with Gasteiger partial charge in [0.2, 0.25) is 0 Å². The molecule has 0 aliphatic rings. The third-order valence-corrected chi connectivity index (χ3v) is 2.07. The number of nitrogens with two attached hydrogens (primary N) is 1. The number of aliphatic hydroxyl groups excluding tert-OH is 2. The molecule has 0 amide bonds. The van der Waals surface area contributed by atoms with Gasteiger partial charge >= 0.3 is 0 Å². The van der Waals surface area contributed by atoms with Crippen molar-refractivity contribution in [1.29, 1.82) is 0 Å². The third-order valence-electron chi connectivity index (χ3n) is 1.81. The number of aliphatic hydroxyl groups is 2. The fourth-order valence-corrected chi connectivity index (χ4v) is 1.30. The molecule has 0 spiro atoms. The highest BCUT2D eigenvalue weighted by molar-refractivity contribution is 7.80. The van der Waals surface area contributed by atoms with Gasteiger partial charge in [-0.15, -0.1) is 0 Å². The van der Waals surface area contributed by atoms with Crippen LogP contribution in [0.5, 0.6) is 0 Å². The van der Waals surface area contributed by atoms with Crippen LogP contribution in [0.25, 0.3) is 0 Å². The Kier molecular flexibility index (Phi) is 3.58. The molecule has 5 N–H and O–H groups in total. The van der Waals surface area contributed by atoms with Gasteiger partial charge in [0.25, 0.3) is 0 Å². The van der Waals surface area contributed by atoms with E-state index in [0.717, 1.165) is 0 Å². The number of thiol groups is 1. The number of nitrogens with one attached hydrogen (secondary N) is 1. The van der Waals surface area contributed by atoms with E-state index in [1.807, 2.05) is 0 Å². The van der Waals surface area contributed by atoms with Crippen LogP contribution >= 0.6 is 12.6 Å². The number of anilines is 1. The lowest BCUT2D eigenvalue weighted by Gasteiger charge is -2.15. The molecule has 6 heteroatoms. The largest absolute Gasteiger partial charge is 0.390 e. The van der Waals surface area contributed by atoms with Crippen molar-refractivity contribution in [3.8, 4) is 0 Å². The summed E-state index contributed by atoms with van der Waals surface area (Å²) in [6.07, 6.45) is -0.0281. The smallest absolute Gasteiger partial charge is 0.124 e. The Balaban J connectivity index is 2.67. The van der Waals surface area contributed by atoms with Crippen LogP contribution in [-0.4, -0.2) is 32.3 Å². The van der Waals surface area contributed by atoms with Crippen LogP contribution in [0.3, 0.4) is 0 Å². The standard InChI is InChI=1S/C7H13N3O2S/c8-7-4(3-9-10-7)6(12)5(11)1-2-13/h3,5-6,11-13H,1-2H2,(H3,8,9,10). The SMILES string of the molecule is Nc1[nH]ncc1C(O)C(O)CCS. The van der Waals surface area contributed by atoms with Gasteiger partial charge in [0, 0.05) is 5.56 Å². The summed E-state index contributed by atoms with van der Waals surface area (Å²) in [6.45, 7) is 0. The minimum absolute atomic E-state index is 0.283. The van der Waals surface area contributed by atoms with Crippen molar-refractivity contribution in [2.45, 2.75) is 18.6 Å². The maximum Gasteiger partial charge on any atom is 0.124 e. The van der Waals surface area contributed by atoms with Crippen LogP contribution in [0.1, 0.15) is 18.1 Å². The van der Waals surface area contributed by atoms with Crippen LogP contribution in [0.2, 0.25) is 0 Å². The Hall–Kier alpha value is -0.720. The minimum atomic E-state index is -0.995. The zero-order chi connectivity index (χ0) is 9.84. The van der Waals surface area contributed by atoms with Gasteiger partial charge in [0.1, 0.15) is 11.9 Å². The van der Waals surface area contributed by atoms with Gasteiger partial charge in [-0.2, -0.15) is 17.7 Å². The van der Waals surface area contributed by atoms with Crippen molar-refractivity contribution in [2.75, 3.05) is 11.5 Å². The molecular weight excluding hydrogens is 190 g/mol. The van der Waals surface area contributed by atoms with E-state index in [4.69, 9.17) is 5.73 Å². The highest BCUT2D eigenvalue weighted by atomic mass is 32.1. The number of nitrogens with zero attached hydrogens (tertiary/aromatic N) is 1. The average molecular weight is 203 g/mol. The van der Waals surface area contributed by atoms with Gasteiger partial charge in [-0.25, -0.2) is 0 Å². The fourth-order valence-electron chi connectivity index (χ4n) is 1.04. The van der Waals surface area contributed by atoms with Crippen LogP contribution in [0, 0.1) is 0 Å². The van der Waals surface area contributed by atoms with Gasteiger partial charge in [-0.05, 0) is 12.2 Å². The lowest BCUT2D eigenvalue weighted by molar-refractivity contribution is 0.0177. The maximum absolute atomic E-state index is 9.57. The number of rotatable bonds is 4. The predicted octanol–water partition coefficient (Wildman–Crippen LogP) is -0.294. The molecule has 0 fully saturated rings. The first-order chi connectivity index (χ1) is 6.16. The van der Waals surface area contributed by atoms with E-state index in [1.54, 1.807) is 0 Å². The Bertz CT molecular complexity index is 266. The van der Waals surface area contributed by atoms with Crippen molar-refractivity contribution in [1.82, 2.24) is 10.2 Å². The van der Waals surface area contributed by atoms with Gasteiger partial charge in [0.05, 0.1) is 12.3 Å². The molecule has 0 saturated heterocycles. The molecule has 1 rings (SSSR count). The Morgan fingerprint density at radius 3 is 2.77 bits per heavy atom. The fraction of sp³-hybridized carbons (Fsp3) is 0.571. The number of H-pyrrole nitrogens is 1. The van der Waals surface area contributed by atoms with Crippen LogP contribution in [-0.2, 0) is 0 Å². The molecule has 0 saturated carbocycles. The Labute approximate surface area is 81.4 Å². The maximum atomic E-state index is 9.57. The van der Waals surface area contributed by atoms with E-state index in [0.29, 0.717) is 17.7 Å². The highest BCUT2D eigenvalue weighted by Crippen LogP contribution is 2.22. The first kappa shape index (κ1) is 10.4. The first-order valence-electron chi connectivity index (χ1n) is 3.92. The molecular formula is C7H13N3O2S. The van der Waals surface area contributed by atoms with Crippen molar-refractivity contribution in [2.24, 2.45) is 0 Å². The molecule has 2 unspecified atom stereocenters. The number of hydrogen-bond donors (Lipinski definition) is 5. The van der Waals surface area contributed by atoms with Gasteiger partial charge in [-0.1, -0.05) is 0 Å². The van der Waals surface area contributed by atoms with Gasteiger partial charge < -0.3 is 15.9 Å². The van der Waals surface area contributed by atoms with Crippen LogP contribution in [0.15, 0.2) is 6.20 Å². The van der Waals surface area contributed by atoms with Crippen molar-refractivity contribution >= 4 is 18.4 Å². The number of nitrogen functional groups attached to an aromatic ring is 1. The van der Waals surface area contributed by atoms with Gasteiger partial charge in [-0.3, -0.25) is 5.10 Å². The number of hydrogen-bond acceptors (Lipinski definition) is 5. The molecule has 1 aromatic rings. The summed E-state index contributed by atoms with van der Waals surface area (Å²) in [6, 6.07) is 0. The quantitative estimate of drug-likeness (QED) is 0.434. The molecule has 2 atom stereocenters. The van der Waals surface area contributed by atoms with E-state index in [2.05, 4.69) is 22.8 Å². The Morgan fingerprint density at radius 2 is 2.31 bits per heavy atom. The molecule has 74 valence electrons. The van der Waals surface area contributed by atoms with E-state index in [-0.39, 0.29) is 5.82 Å². The Morgan fingerprint density at radius 1 is 1.62 bits per heavy atom. The summed E-state index contributed by atoms with van der Waals surface area (Å²) in [5.41, 5.74) is 5.89.